The Morgan fingerprint density at radius 3 is 2.40 bits per heavy atom. The van der Waals surface area contributed by atoms with Gasteiger partial charge in [-0.05, 0) is 41.5 Å². The number of aromatic amines is 1. The van der Waals surface area contributed by atoms with Crippen LogP contribution in [0.25, 0.3) is 0 Å². The van der Waals surface area contributed by atoms with Crippen molar-refractivity contribution >= 4 is 18.1 Å². The summed E-state index contributed by atoms with van der Waals surface area (Å²) in [7, 11) is 0. The molecule has 0 radical (unpaired) electrons. The minimum absolute atomic E-state index is 0.0617. The van der Waals surface area contributed by atoms with Gasteiger partial charge in [-0.3, -0.25) is 4.79 Å². The van der Waals surface area contributed by atoms with Gasteiger partial charge in [0.1, 0.15) is 4.64 Å². The molecule has 1 aliphatic rings. The molecule has 1 saturated carbocycles. The molecule has 1 heterocycles. The normalized spacial score (nSPS) is 16.1. The number of hydrogen-bond acceptors (Lipinski definition) is 2. The average Bonchev–Trinajstić information content (AvgIpc) is 2.53. The number of aromatic nitrogens is 1. The number of rotatable bonds is 4. The van der Waals surface area contributed by atoms with Crippen LogP contribution in [-0.4, -0.2) is 17.4 Å². The predicted molar refractivity (Wildman–Crippen MR) is 105 cm³/mol. The van der Waals surface area contributed by atoms with Gasteiger partial charge in [-0.15, -0.1) is 0 Å². The first-order valence-electron chi connectivity index (χ1n) is 8.89. The van der Waals surface area contributed by atoms with E-state index < -0.39 is 0 Å². The molecule has 0 bridgehead atoms. The average molecular weight is 355 g/mol. The van der Waals surface area contributed by atoms with Crippen molar-refractivity contribution in [2.75, 3.05) is 6.54 Å². The maximum absolute atomic E-state index is 12.5. The molecule has 0 atom stereocenters. The smallest absolute Gasteiger partial charge is 0.254 e. The maximum atomic E-state index is 12.5. The number of carbonyl (C=O) groups is 1. The molecule has 1 aromatic carbocycles. The van der Waals surface area contributed by atoms with Crippen LogP contribution in [-0.2, 0) is 10.8 Å². The molecular weight excluding hydrogens is 328 g/mol. The SMILES string of the molecule is CC(C)(C)c1ccc(C2(CNC(=O)c3ccc[nH]c3=S)CCC2)cc1. The summed E-state index contributed by atoms with van der Waals surface area (Å²) in [6.07, 6.45) is 5.18. The topological polar surface area (TPSA) is 44.9 Å². The van der Waals surface area contributed by atoms with Crippen LogP contribution in [0, 0.1) is 4.64 Å². The zero-order valence-corrected chi connectivity index (χ0v) is 16.0. The van der Waals surface area contributed by atoms with Crippen molar-refractivity contribution in [1.82, 2.24) is 10.3 Å². The Bertz CT molecular complexity index is 811. The quantitative estimate of drug-likeness (QED) is 0.768. The maximum Gasteiger partial charge on any atom is 0.254 e. The molecule has 0 unspecified atom stereocenters. The molecule has 1 fully saturated rings. The van der Waals surface area contributed by atoms with Gasteiger partial charge in [-0.25, -0.2) is 0 Å². The van der Waals surface area contributed by atoms with E-state index in [1.165, 1.54) is 17.5 Å². The first-order chi connectivity index (χ1) is 11.8. The van der Waals surface area contributed by atoms with Crippen LogP contribution < -0.4 is 5.32 Å². The second-order valence-corrected chi connectivity index (χ2v) is 8.47. The van der Waals surface area contributed by atoms with E-state index in [-0.39, 0.29) is 16.7 Å². The molecule has 3 rings (SSSR count). The summed E-state index contributed by atoms with van der Waals surface area (Å²) in [5.74, 6) is -0.0977. The third-order valence-electron chi connectivity index (χ3n) is 5.32. The van der Waals surface area contributed by atoms with E-state index in [2.05, 4.69) is 55.3 Å². The van der Waals surface area contributed by atoms with Crippen LogP contribution in [0.4, 0.5) is 0 Å². The van der Waals surface area contributed by atoms with E-state index in [0.29, 0.717) is 16.7 Å². The van der Waals surface area contributed by atoms with Gasteiger partial charge in [0.25, 0.3) is 5.91 Å². The highest BCUT2D eigenvalue weighted by Gasteiger charge is 2.39. The molecule has 132 valence electrons. The molecule has 1 amide bonds. The largest absolute Gasteiger partial charge is 0.352 e. The van der Waals surface area contributed by atoms with Gasteiger partial charge in [0.2, 0.25) is 0 Å². The summed E-state index contributed by atoms with van der Waals surface area (Å²) < 4.78 is 0.484. The Kier molecular flexibility index (Phi) is 4.83. The summed E-state index contributed by atoms with van der Waals surface area (Å²) in [5.41, 5.74) is 3.42. The molecule has 2 aromatic rings. The third-order valence-corrected chi connectivity index (χ3v) is 5.66. The van der Waals surface area contributed by atoms with Crippen molar-refractivity contribution in [2.45, 2.75) is 50.9 Å². The van der Waals surface area contributed by atoms with Crippen LogP contribution in [0.2, 0.25) is 0 Å². The highest BCUT2D eigenvalue weighted by molar-refractivity contribution is 7.71. The van der Waals surface area contributed by atoms with Gasteiger partial charge < -0.3 is 10.3 Å². The number of pyridine rings is 1. The monoisotopic (exact) mass is 354 g/mol. The Labute approximate surface area is 154 Å². The number of H-pyrrole nitrogens is 1. The number of carbonyl (C=O) groups excluding carboxylic acids is 1. The number of benzene rings is 1. The first-order valence-corrected chi connectivity index (χ1v) is 9.30. The second kappa shape index (κ2) is 6.75. The first kappa shape index (κ1) is 17.9. The van der Waals surface area contributed by atoms with E-state index >= 15 is 0 Å². The molecule has 0 spiro atoms. The molecule has 3 nitrogen and oxygen atoms in total. The van der Waals surface area contributed by atoms with Gasteiger partial charge in [0.05, 0.1) is 5.56 Å². The van der Waals surface area contributed by atoms with Gasteiger partial charge in [0, 0.05) is 18.2 Å². The van der Waals surface area contributed by atoms with Gasteiger partial charge >= 0.3 is 0 Å². The lowest BCUT2D eigenvalue weighted by Crippen LogP contribution is -2.45. The molecular formula is C21H26N2OS. The Morgan fingerprint density at radius 1 is 1.20 bits per heavy atom. The molecule has 0 saturated heterocycles. The summed E-state index contributed by atoms with van der Waals surface area (Å²) in [6, 6.07) is 12.5. The number of hydrogen-bond donors (Lipinski definition) is 2. The van der Waals surface area contributed by atoms with Crippen LogP contribution in [0.15, 0.2) is 42.6 Å². The van der Waals surface area contributed by atoms with Crippen molar-refractivity contribution in [3.05, 3.63) is 63.9 Å². The Hall–Kier alpha value is -1.94. The number of amides is 1. The van der Waals surface area contributed by atoms with E-state index in [0.717, 1.165) is 12.8 Å². The zero-order valence-electron chi connectivity index (χ0n) is 15.2. The lowest BCUT2D eigenvalue weighted by molar-refractivity contribution is 0.0927. The highest BCUT2D eigenvalue weighted by atomic mass is 32.1. The predicted octanol–water partition coefficient (Wildman–Crippen LogP) is 4.89. The number of nitrogens with one attached hydrogen (secondary N) is 2. The highest BCUT2D eigenvalue weighted by Crippen LogP contribution is 2.43. The fraction of sp³-hybridized carbons (Fsp3) is 0.429. The van der Waals surface area contributed by atoms with Gasteiger partial charge in [-0.1, -0.05) is 63.7 Å². The van der Waals surface area contributed by atoms with Crippen LogP contribution in [0.3, 0.4) is 0 Å². The lowest BCUT2D eigenvalue weighted by atomic mass is 9.64. The van der Waals surface area contributed by atoms with Crippen molar-refractivity contribution in [3.63, 3.8) is 0 Å². The third kappa shape index (κ3) is 3.69. The van der Waals surface area contributed by atoms with Crippen molar-refractivity contribution in [3.8, 4) is 0 Å². The molecule has 4 heteroatoms. The van der Waals surface area contributed by atoms with E-state index in [1.54, 1.807) is 18.3 Å². The zero-order chi connectivity index (χ0) is 18.1. The van der Waals surface area contributed by atoms with Crippen LogP contribution in [0.1, 0.15) is 61.5 Å². The van der Waals surface area contributed by atoms with Crippen LogP contribution >= 0.6 is 12.2 Å². The summed E-state index contributed by atoms with van der Waals surface area (Å²) in [4.78, 5) is 15.4. The molecule has 1 aliphatic carbocycles. The van der Waals surface area contributed by atoms with E-state index in [4.69, 9.17) is 12.2 Å². The van der Waals surface area contributed by atoms with E-state index in [1.807, 2.05) is 0 Å². The van der Waals surface area contributed by atoms with Crippen molar-refractivity contribution in [2.24, 2.45) is 0 Å². The molecule has 2 N–H and O–H groups in total. The van der Waals surface area contributed by atoms with Crippen LogP contribution in [0.5, 0.6) is 0 Å². The van der Waals surface area contributed by atoms with Gasteiger partial charge in [-0.2, -0.15) is 0 Å². The second-order valence-electron chi connectivity index (χ2n) is 8.06. The van der Waals surface area contributed by atoms with Crippen molar-refractivity contribution < 1.29 is 4.79 Å². The summed E-state index contributed by atoms with van der Waals surface area (Å²) >= 11 is 5.20. The Balaban J connectivity index is 1.75. The standard InChI is InChI=1S/C21H26N2OS/c1-20(2,3)15-7-9-16(10-8-15)21(11-5-12-21)14-23-18(24)17-6-4-13-22-19(17)25/h4,6-10,13H,5,11-12,14H2,1-3H3,(H,22,25)(H,23,24). The van der Waals surface area contributed by atoms with E-state index in [9.17, 15) is 4.79 Å². The summed E-state index contributed by atoms with van der Waals surface area (Å²) in [5, 5.41) is 3.10. The fourth-order valence-corrected chi connectivity index (χ4v) is 3.67. The fourth-order valence-electron chi connectivity index (χ4n) is 3.44. The minimum Gasteiger partial charge on any atom is -0.352 e. The molecule has 25 heavy (non-hydrogen) atoms. The minimum atomic E-state index is -0.0977. The van der Waals surface area contributed by atoms with Gasteiger partial charge in [0.15, 0.2) is 0 Å². The van der Waals surface area contributed by atoms with Crippen molar-refractivity contribution in [1.29, 1.82) is 0 Å². The summed E-state index contributed by atoms with van der Waals surface area (Å²) in [6.45, 7) is 7.34. The molecule has 0 aliphatic heterocycles. The molecule has 1 aromatic heterocycles. The lowest BCUT2D eigenvalue weighted by Gasteiger charge is -2.43. The Morgan fingerprint density at radius 2 is 1.88 bits per heavy atom.